The molecule has 1 aromatic heterocycles. The van der Waals surface area contributed by atoms with E-state index in [0.717, 1.165) is 10.8 Å². The molecule has 0 fully saturated rings. The Morgan fingerprint density at radius 1 is 1.23 bits per heavy atom. The van der Waals surface area contributed by atoms with E-state index >= 15 is 0 Å². The van der Waals surface area contributed by atoms with E-state index in [1.54, 1.807) is 0 Å². The van der Waals surface area contributed by atoms with Crippen molar-refractivity contribution in [1.82, 2.24) is 0 Å². The minimum absolute atomic E-state index is 0.707. The summed E-state index contributed by atoms with van der Waals surface area (Å²) in [6.45, 7) is 0. The van der Waals surface area contributed by atoms with Gasteiger partial charge in [0.1, 0.15) is 7.05 Å². The molecule has 2 aromatic rings. The second-order valence-electron chi connectivity index (χ2n) is 2.97. The van der Waals surface area contributed by atoms with E-state index in [4.69, 9.17) is 5.26 Å². The summed E-state index contributed by atoms with van der Waals surface area (Å²) in [5, 5.41) is 11.1. The van der Waals surface area contributed by atoms with Crippen LogP contribution < -0.4 is 4.57 Å². The van der Waals surface area contributed by atoms with Gasteiger partial charge < -0.3 is 0 Å². The summed E-state index contributed by atoms with van der Waals surface area (Å²) < 4.78 is 1.84. The van der Waals surface area contributed by atoms with Crippen molar-refractivity contribution < 1.29 is 4.57 Å². The van der Waals surface area contributed by atoms with Gasteiger partial charge in [-0.15, -0.1) is 0 Å². The summed E-state index contributed by atoms with van der Waals surface area (Å²) in [5.41, 5.74) is 0.707. The maximum absolute atomic E-state index is 8.95. The fourth-order valence-corrected chi connectivity index (χ4v) is 1.45. The van der Waals surface area contributed by atoms with Gasteiger partial charge >= 0.3 is 0 Å². The predicted octanol–water partition coefficient (Wildman–Crippen LogP) is 1.54. The predicted molar refractivity (Wildman–Crippen MR) is 49.8 cm³/mol. The molecule has 1 heterocycles. The Balaban J connectivity index is 2.94. The van der Waals surface area contributed by atoms with Crippen molar-refractivity contribution in [3.8, 4) is 6.07 Å². The van der Waals surface area contributed by atoms with Crippen molar-refractivity contribution in [2.24, 2.45) is 7.05 Å². The zero-order chi connectivity index (χ0) is 9.26. The van der Waals surface area contributed by atoms with Gasteiger partial charge in [0.25, 0.3) is 5.69 Å². The molecule has 0 radical (unpaired) electrons. The van der Waals surface area contributed by atoms with Gasteiger partial charge in [-0.05, 0) is 11.5 Å². The number of fused-ring (bicyclic) bond motifs is 1. The zero-order valence-electron chi connectivity index (χ0n) is 7.36. The maximum atomic E-state index is 8.95. The molecule has 2 rings (SSSR count). The summed E-state index contributed by atoms with van der Waals surface area (Å²) in [5.74, 6) is 0. The largest absolute Gasteiger partial charge is 0.291 e. The molecule has 0 aliphatic rings. The number of nitrogens with zero attached hydrogens (tertiary/aromatic N) is 2. The lowest BCUT2D eigenvalue weighted by atomic mass is 10.1. The van der Waals surface area contributed by atoms with Gasteiger partial charge in [0, 0.05) is 6.07 Å². The summed E-state index contributed by atoms with van der Waals surface area (Å²) in [6, 6.07) is 12.1. The highest BCUT2D eigenvalue weighted by atomic mass is 14.9. The summed E-state index contributed by atoms with van der Waals surface area (Å²) in [7, 11) is 1.88. The Morgan fingerprint density at radius 2 is 2.00 bits per heavy atom. The maximum Gasteiger partial charge on any atom is 0.291 e. The van der Waals surface area contributed by atoms with E-state index < -0.39 is 0 Å². The molecule has 0 aliphatic heterocycles. The molecule has 0 unspecified atom stereocenters. The molecule has 2 heteroatoms. The van der Waals surface area contributed by atoms with Crippen molar-refractivity contribution in [2.75, 3.05) is 0 Å². The van der Waals surface area contributed by atoms with E-state index in [1.807, 2.05) is 48.1 Å². The number of rotatable bonds is 0. The number of hydrogen-bond donors (Lipinski definition) is 0. The third-order valence-electron chi connectivity index (χ3n) is 2.15. The fraction of sp³-hybridized carbons (Fsp3) is 0.0909. The quantitative estimate of drug-likeness (QED) is 0.550. The first-order chi connectivity index (χ1) is 6.33. The molecule has 0 atom stereocenters. The number of aryl methyl sites for hydroxylation is 1. The monoisotopic (exact) mass is 169 g/mol. The lowest BCUT2D eigenvalue weighted by Crippen LogP contribution is -2.31. The van der Waals surface area contributed by atoms with Crippen molar-refractivity contribution >= 4 is 10.8 Å². The smallest absolute Gasteiger partial charge is 0.192 e. The summed E-state index contributed by atoms with van der Waals surface area (Å²) in [6.07, 6.45) is 1.90. The number of pyridine rings is 1. The van der Waals surface area contributed by atoms with E-state index in [-0.39, 0.29) is 0 Å². The van der Waals surface area contributed by atoms with Crippen LogP contribution in [0.2, 0.25) is 0 Å². The van der Waals surface area contributed by atoms with Crippen LogP contribution in [0.15, 0.2) is 36.5 Å². The van der Waals surface area contributed by atoms with Gasteiger partial charge in [0.2, 0.25) is 0 Å². The SMILES string of the molecule is C[n+]1ccc2ccccc2c1C#N. The average Bonchev–Trinajstić information content (AvgIpc) is 2.18. The second kappa shape index (κ2) is 2.87. The molecule has 0 N–H and O–H groups in total. The molecule has 0 amide bonds. The van der Waals surface area contributed by atoms with Crippen LogP contribution >= 0.6 is 0 Å². The van der Waals surface area contributed by atoms with E-state index in [9.17, 15) is 0 Å². The Kier molecular flexibility index (Phi) is 1.71. The molecule has 0 bridgehead atoms. The third kappa shape index (κ3) is 1.15. The topological polar surface area (TPSA) is 27.7 Å². The van der Waals surface area contributed by atoms with Gasteiger partial charge in [-0.25, -0.2) is 0 Å². The minimum Gasteiger partial charge on any atom is -0.192 e. The minimum atomic E-state index is 0.707. The second-order valence-corrected chi connectivity index (χ2v) is 2.97. The Bertz CT molecular complexity index is 495. The van der Waals surface area contributed by atoms with Crippen LogP contribution in [0.25, 0.3) is 10.8 Å². The lowest BCUT2D eigenvalue weighted by molar-refractivity contribution is -0.672. The van der Waals surface area contributed by atoms with Crippen LogP contribution in [0.4, 0.5) is 0 Å². The van der Waals surface area contributed by atoms with Crippen molar-refractivity contribution in [2.45, 2.75) is 0 Å². The highest BCUT2D eigenvalue weighted by Gasteiger charge is 2.09. The number of hydrogen-bond acceptors (Lipinski definition) is 1. The third-order valence-corrected chi connectivity index (χ3v) is 2.15. The summed E-state index contributed by atoms with van der Waals surface area (Å²) >= 11 is 0. The van der Waals surface area contributed by atoms with E-state index in [0.29, 0.717) is 5.69 Å². The van der Waals surface area contributed by atoms with Crippen LogP contribution in [0.1, 0.15) is 5.69 Å². The van der Waals surface area contributed by atoms with Gasteiger partial charge in [-0.2, -0.15) is 9.83 Å². The van der Waals surface area contributed by atoms with Crippen LogP contribution in [-0.2, 0) is 7.05 Å². The molecule has 62 valence electrons. The fourth-order valence-electron chi connectivity index (χ4n) is 1.45. The van der Waals surface area contributed by atoms with Crippen molar-refractivity contribution in [3.05, 3.63) is 42.2 Å². The molecular formula is C11H9N2+. The van der Waals surface area contributed by atoms with E-state index in [1.165, 1.54) is 0 Å². The Labute approximate surface area is 76.7 Å². The van der Waals surface area contributed by atoms with Gasteiger partial charge in [-0.1, -0.05) is 18.2 Å². The molecular weight excluding hydrogens is 160 g/mol. The van der Waals surface area contributed by atoms with Crippen molar-refractivity contribution in [3.63, 3.8) is 0 Å². The van der Waals surface area contributed by atoms with Crippen LogP contribution in [-0.4, -0.2) is 0 Å². The molecule has 0 saturated heterocycles. The average molecular weight is 169 g/mol. The normalized spacial score (nSPS) is 9.85. The van der Waals surface area contributed by atoms with Crippen molar-refractivity contribution in [1.29, 1.82) is 5.26 Å². The molecule has 2 nitrogen and oxygen atoms in total. The Morgan fingerprint density at radius 3 is 2.77 bits per heavy atom. The standard InChI is InChI=1S/C11H9N2/c1-13-7-6-9-4-2-3-5-10(9)11(13)8-12/h2-7H,1H3/q+1. The molecule has 13 heavy (non-hydrogen) atoms. The number of benzene rings is 1. The lowest BCUT2D eigenvalue weighted by Gasteiger charge is -1.96. The van der Waals surface area contributed by atoms with E-state index in [2.05, 4.69) is 6.07 Å². The van der Waals surface area contributed by atoms with Crippen LogP contribution in [0.3, 0.4) is 0 Å². The highest BCUT2D eigenvalue weighted by molar-refractivity contribution is 5.84. The first-order valence-electron chi connectivity index (χ1n) is 4.10. The highest BCUT2D eigenvalue weighted by Crippen LogP contribution is 2.13. The number of nitriles is 1. The first kappa shape index (κ1) is 7.75. The van der Waals surface area contributed by atoms with Gasteiger partial charge in [0.05, 0.1) is 5.39 Å². The van der Waals surface area contributed by atoms with Gasteiger partial charge in [0.15, 0.2) is 12.3 Å². The molecule has 1 aromatic carbocycles. The zero-order valence-corrected chi connectivity index (χ0v) is 7.36. The number of aromatic nitrogens is 1. The molecule has 0 spiro atoms. The van der Waals surface area contributed by atoms with Gasteiger partial charge in [-0.3, -0.25) is 0 Å². The first-order valence-corrected chi connectivity index (χ1v) is 4.10. The molecule has 0 saturated carbocycles. The molecule has 0 aliphatic carbocycles. The van der Waals surface area contributed by atoms with Crippen LogP contribution in [0.5, 0.6) is 0 Å². The van der Waals surface area contributed by atoms with Crippen LogP contribution in [0, 0.1) is 11.3 Å². The summed E-state index contributed by atoms with van der Waals surface area (Å²) in [4.78, 5) is 0. The Hall–Kier alpha value is -1.88.